The third kappa shape index (κ3) is 6.57. The summed E-state index contributed by atoms with van der Waals surface area (Å²) in [5, 5.41) is 7.20. The molecule has 182 valence electrons. The highest BCUT2D eigenvalue weighted by Crippen LogP contribution is 2.33. The molecule has 8 nitrogen and oxygen atoms in total. The topological polar surface area (TPSA) is 105 Å². The van der Waals surface area contributed by atoms with Gasteiger partial charge < -0.3 is 20.7 Å². The Balaban J connectivity index is 1.39. The number of halogens is 5. The van der Waals surface area contributed by atoms with Crippen molar-refractivity contribution in [2.45, 2.75) is 19.0 Å². The van der Waals surface area contributed by atoms with Crippen molar-refractivity contribution < 1.29 is 31.9 Å². The van der Waals surface area contributed by atoms with Gasteiger partial charge in [-0.15, -0.1) is 0 Å². The second-order valence-corrected chi connectivity index (χ2v) is 7.96. The van der Waals surface area contributed by atoms with E-state index in [1.54, 1.807) is 0 Å². The lowest BCUT2D eigenvalue weighted by atomic mass is 10.2. The zero-order chi connectivity index (χ0) is 25.2. The molecule has 0 atom stereocenters. The number of amides is 3. The average Bonchev–Trinajstić information content (AvgIpc) is 3.60. The molecule has 13 heteroatoms. The van der Waals surface area contributed by atoms with E-state index in [0.29, 0.717) is 12.1 Å². The SMILES string of the molecule is O=C(Nc1cc(F)cc(C(F)(F)F)c1)Nc1ccc(Oc2cc(NC(=O)C3CC3)ncn2)cc1Cl. The number of carbonyl (C=O) groups excluding carboxylic acids is 2. The molecule has 3 aromatic rings. The van der Waals surface area contributed by atoms with Crippen LogP contribution in [-0.2, 0) is 11.0 Å². The molecule has 1 aliphatic carbocycles. The van der Waals surface area contributed by atoms with Crippen LogP contribution in [0.2, 0.25) is 5.02 Å². The molecular weight excluding hydrogens is 494 g/mol. The molecule has 1 aliphatic rings. The first-order valence-corrected chi connectivity index (χ1v) is 10.5. The fourth-order valence-corrected chi connectivity index (χ4v) is 3.15. The van der Waals surface area contributed by atoms with E-state index in [2.05, 4.69) is 25.9 Å². The Morgan fingerprint density at radius 2 is 1.77 bits per heavy atom. The molecular formula is C22H16ClF4N5O3. The van der Waals surface area contributed by atoms with Gasteiger partial charge in [0.05, 0.1) is 16.3 Å². The standard InChI is InChI=1S/C22H16ClF4N5O3/c23-16-8-15(35-19-9-18(28-10-29-19)32-20(33)11-1-2-11)3-4-17(16)31-21(34)30-14-6-12(22(25,26)27)5-13(24)7-14/h3-11H,1-2H2,(H2,30,31,34)(H,28,29,32,33). The zero-order valence-corrected chi connectivity index (χ0v) is 18.4. The maximum Gasteiger partial charge on any atom is 0.416 e. The predicted octanol–water partition coefficient (Wildman–Crippen LogP) is 6.07. The van der Waals surface area contributed by atoms with Gasteiger partial charge in [-0.05, 0) is 43.2 Å². The monoisotopic (exact) mass is 509 g/mol. The van der Waals surface area contributed by atoms with Gasteiger partial charge in [-0.1, -0.05) is 11.6 Å². The fraction of sp³-hybridized carbons (Fsp3) is 0.182. The van der Waals surface area contributed by atoms with E-state index in [1.807, 2.05) is 0 Å². The lowest BCUT2D eigenvalue weighted by Crippen LogP contribution is -2.20. The van der Waals surface area contributed by atoms with Gasteiger partial charge in [0.25, 0.3) is 0 Å². The summed E-state index contributed by atoms with van der Waals surface area (Å²) in [5.74, 6) is -0.628. The molecule has 0 bridgehead atoms. The van der Waals surface area contributed by atoms with Crippen LogP contribution in [0.25, 0.3) is 0 Å². The van der Waals surface area contributed by atoms with Crippen LogP contribution < -0.4 is 20.7 Å². The number of nitrogens with one attached hydrogen (secondary N) is 3. The molecule has 2 aromatic carbocycles. The number of anilines is 3. The maximum atomic E-state index is 13.5. The van der Waals surface area contributed by atoms with Crippen molar-refractivity contribution in [3.8, 4) is 11.6 Å². The van der Waals surface area contributed by atoms with Crippen LogP contribution in [0.3, 0.4) is 0 Å². The molecule has 0 saturated heterocycles. The number of aromatic nitrogens is 2. The number of alkyl halides is 3. The van der Waals surface area contributed by atoms with Crippen molar-refractivity contribution in [2.75, 3.05) is 16.0 Å². The summed E-state index contributed by atoms with van der Waals surface area (Å²) >= 11 is 6.17. The Morgan fingerprint density at radius 3 is 2.46 bits per heavy atom. The average molecular weight is 510 g/mol. The summed E-state index contributed by atoms with van der Waals surface area (Å²) in [6.45, 7) is 0. The molecule has 0 radical (unpaired) electrons. The van der Waals surface area contributed by atoms with E-state index < -0.39 is 23.6 Å². The number of hydrogen-bond donors (Lipinski definition) is 3. The van der Waals surface area contributed by atoms with Crippen LogP contribution in [-0.4, -0.2) is 21.9 Å². The van der Waals surface area contributed by atoms with Crippen LogP contribution in [0.4, 0.5) is 39.5 Å². The highest BCUT2D eigenvalue weighted by molar-refractivity contribution is 6.34. The van der Waals surface area contributed by atoms with Crippen molar-refractivity contribution in [2.24, 2.45) is 5.92 Å². The molecule has 35 heavy (non-hydrogen) atoms. The summed E-state index contributed by atoms with van der Waals surface area (Å²) in [5.41, 5.74) is -1.52. The molecule has 0 aliphatic heterocycles. The predicted molar refractivity (Wildman–Crippen MR) is 119 cm³/mol. The number of carbonyl (C=O) groups is 2. The Kier molecular flexibility index (Phi) is 6.74. The Hall–Kier alpha value is -3.93. The number of hydrogen-bond acceptors (Lipinski definition) is 5. The van der Waals surface area contributed by atoms with Crippen molar-refractivity contribution in [1.82, 2.24) is 9.97 Å². The van der Waals surface area contributed by atoms with Crippen LogP contribution in [0.15, 0.2) is 48.8 Å². The van der Waals surface area contributed by atoms with Gasteiger partial charge in [0.1, 0.15) is 23.7 Å². The van der Waals surface area contributed by atoms with Crippen LogP contribution >= 0.6 is 11.6 Å². The highest BCUT2D eigenvalue weighted by Gasteiger charge is 2.31. The lowest BCUT2D eigenvalue weighted by Gasteiger charge is -2.13. The minimum atomic E-state index is -4.78. The normalized spacial score (nSPS) is 13.2. The first-order valence-electron chi connectivity index (χ1n) is 10.1. The van der Waals surface area contributed by atoms with Crippen molar-refractivity contribution in [3.63, 3.8) is 0 Å². The number of nitrogens with zero attached hydrogens (tertiary/aromatic N) is 2. The number of benzene rings is 2. The Labute approximate surface area is 200 Å². The van der Waals surface area contributed by atoms with Crippen molar-refractivity contribution in [3.05, 3.63) is 65.2 Å². The molecule has 4 rings (SSSR count). The second-order valence-electron chi connectivity index (χ2n) is 7.55. The van der Waals surface area contributed by atoms with Crippen LogP contribution in [0.1, 0.15) is 18.4 Å². The second kappa shape index (κ2) is 9.74. The van der Waals surface area contributed by atoms with Gasteiger partial charge in [0.2, 0.25) is 11.8 Å². The minimum absolute atomic E-state index is 0.00186. The molecule has 0 spiro atoms. The number of rotatable bonds is 6. The van der Waals surface area contributed by atoms with Gasteiger partial charge in [-0.3, -0.25) is 4.79 Å². The smallest absolute Gasteiger partial charge is 0.416 e. The summed E-state index contributed by atoms with van der Waals surface area (Å²) < 4.78 is 57.6. The minimum Gasteiger partial charge on any atom is -0.439 e. The maximum absolute atomic E-state index is 13.5. The van der Waals surface area contributed by atoms with Gasteiger partial charge in [0, 0.05) is 23.7 Å². The van der Waals surface area contributed by atoms with Gasteiger partial charge in [0.15, 0.2) is 0 Å². The Morgan fingerprint density at radius 1 is 1.00 bits per heavy atom. The van der Waals surface area contributed by atoms with Crippen LogP contribution in [0, 0.1) is 11.7 Å². The summed E-state index contributed by atoms with van der Waals surface area (Å²) in [4.78, 5) is 32.0. The molecule has 1 fully saturated rings. The third-order valence-corrected chi connectivity index (χ3v) is 5.05. The highest BCUT2D eigenvalue weighted by atomic mass is 35.5. The van der Waals surface area contributed by atoms with Gasteiger partial charge >= 0.3 is 12.2 Å². The van der Waals surface area contributed by atoms with Crippen molar-refractivity contribution in [1.29, 1.82) is 0 Å². The molecule has 0 unspecified atom stereocenters. The fourth-order valence-electron chi connectivity index (χ4n) is 2.93. The zero-order valence-electron chi connectivity index (χ0n) is 17.6. The lowest BCUT2D eigenvalue weighted by molar-refractivity contribution is -0.137. The van der Waals surface area contributed by atoms with Crippen LogP contribution in [0.5, 0.6) is 11.6 Å². The van der Waals surface area contributed by atoms with Gasteiger partial charge in [-0.2, -0.15) is 13.2 Å². The molecule has 3 amide bonds. The third-order valence-electron chi connectivity index (χ3n) is 4.74. The van der Waals surface area contributed by atoms with E-state index >= 15 is 0 Å². The number of urea groups is 1. The molecule has 1 saturated carbocycles. The first kappa shape index (κ1) is 24.2. The van der Waals surface area contributed by atoms with E-state index in [1.165, 1.54) is 30.6 Å². The molecule has 1 heterocycles. The summed E-state index contributed by atoms with van der Waals surface area (Å²) in [7, 11) is 0. The largest absolute Gasteiger partial charge is 0.439 e. The van der Waals surface area contributed by atoms with E-state index in [9.17, 15) is 27.2 Å². The quantitative estimate of drug-likeness (QED) is 0.350. The summed E-state index contributed by atoms with van der Waals surface area (Å²) in [6, 6.07) is 6.37. The van der Waals surface area contributed by atoms with Gasteiger partial charge in [-0.25, -0.2) is 19.2 Å². The van der Waals surface area contributed by atoms with E-state index in [4.69, 9.17) is 16.3 Å². The summed E-state index contributed by atoms with van der Waals surface area (Å²) in [6.07, 6.45) is -1.88. The van der Waals surface area contributed by atoms with E-state index in [-0.39, 0.29) is 45.7 Å². The Bertz CT molecular complexity index is 1280. The van der Waals surface area contributed by atoms with Crippen molar-refractivity contribution >= 4 is 40.7 Å². The first-order chi connectivity index (χ1) is 16.6. The molecule has 1 aromatic heterocycles. The van der Waals surface area contributed by atoms with E-state index in [0.717, 1.165) is 18.9 Å². The number of ether oxygens (including phenoxy) is 1. The molecule has 3 N–H and O–H groups in total.